The van der Waals surface area contributed by atoms with Crippen LogP contribution in [0.5, 0.6) is 0 Å². The summed E-state index contributed by atoms with van der Waals surface area (Å²) in [5.41, 5.74) is 5.79. The zero-order valence-corrected chi connectivity index (χ0v) is 17.7. The number of nitrogens with one attached hydrogen (secondary N) is 1. The van der Waals surface area contributed by atoms with Gasteiger partial charge < -0.3 is 20.9 Å². The Labute approximate surface area is 164 Å². The van der Waals surface area contributed by atoms with Crippen molar-refractivity contribution in [2.24, 2.45) is 22.6 Å². The summed E-state index contributed by atoms with van der Waals surface area (Å²) in [4.78, 5) is 32.4. The van der Waals surface area contributed by atoms with Crippen molar-refractivity contribution in [1.29, 1.82) is 0 Å². The molecule has 27 heavy (non-hydrogen) atoms. The topological polar surface area (TPSA) is 91.0 Å². The molecule has 1 heterocycles. The first-order valence-corrected chi connectivity index (χ1v) is 10.4. The van der Waals surface area contributed by atoms with E-state index in [-0.39, 0.29) is 11.8 Å². The van der Waals surface area contributed by atoms with E-state index in [1.807, 2.05) is 9.80 Å². The Morgan fingerprint density at radius 3 is 2.07 bits per heavy atom. The molecule has 2 amide bonds. The Morgan fingerprint density at radius 1 is 0.926 bits per heavy atom. The molecule has 0 saturated carbocycles. The van der Waals surface area contributed by atoms with Crippen LogP contribution < -0.4 is 11.1 Å². The Morgan fingerprint density at radius 2 is 1.52 bits per heavy atom. The highest BCUT2D eigenvalue weighted by atomic mass is 16.2. The van der Waals surface area contributed by atoms with Crippen LogP contribution in [-0.2, 0) is 9.59 Å². The molecule has 0 aromatic carbocycles. The molecule has 7 heteroatoms. The molecular weight excluding hydrogens is 342 g/mol. The van der Waals surface area contributed by atoms with E-state index in [2.05, 4.69) is 38.0 Å². The molecule has 156 valence electrons. The second kappa shape index (κ2) is 12.6. The van der Waals surface area contributed by atoms with Crippen LogP contribution in [0.1, 0.15) is 59.8 Å². The molecule has 3 N–H and O–H groups in total. The molecule has 0 aromatic heterocycles. The lowest BCUT2D eigenvalue weighted by Crippen LogP contribution is -2.50. The number of hydrogen-bond donors (Lipinski definition) is 2. The number of guanidine groups is 1. The number of nitrogens with two attached hydrogens (primary N) is 1. The van der Waals surface area contributed by atoms with Gasteiger partial charge in [-0.25, -0.2) is 0 Å². The lowest BCUT2D eigenvalue weighted by atomic mass is 10.1. The lowest BCUT2D eigenvalue weighted by Gasteiger charge is -2.35. The summed E-state index contributed by atoms with van der Waals surface area (Å²) in [6.07, 6.45) is 4.02. The molecule has 0 atom stereocenters. The standard InChI is InChI=1S/C20H39N5O2/c1-16(2)14-19(27)25-12-10-24(11-13-25)18(26)8-6-5-7-9-22-20(21)23-15-17(3)4/h16-17H,5-15H2,1-4H3,(H3,21,22,23). The first-order chi connectivity index (χ1) is 12.8. The van der Waals surface area contributed by atoms with Crippen LogP contribution in [0.2, 0.25) is 0 Å². The highest BCUT2D eigenvalue weighted by molar-refractivity contribution is 5.78. The Hall–Kier alpha value is -1.79. The van der Waals surface area contributed by atoms with Gasteiger partial charge in [-0.1, -0.05) is 34.1 Å². The third-order valence-corrected chi connectivity index (χ3v) is 4.57. The first-order valence-electron chi connectivity index (χ1n) is 10.4. The molecule has 1 aliphatic rings. The average Bonchev–Trinajstić information content (AvgIpc) is 2.62. The Bertz CT molecular complexity index is 483. The maximum atomic E-state index is 12.3. The summed E-state index contributed by atoms with van der Waals surface area (Å²) >= 11 is 0. The number of carbonyl (C=O) groups is 2. The summed E-state index contributed by atoms with van der Waals surface area (Å²) in [5.74, 6) is 1.80. The first kappa shape index (κ1) is 23.2. The van der Waals surface area contributed by atoms with Gasteiger partial charge in [0.05, 0.1) is 0 Å². The van der Waals surface area contributed by atoms with E-state index in [9.17, 15) is 9.59 Å². The van der Waals surface area contributed by atoms with Gasteiger partial charge in [0.2, 0.25) is 11.8 Å². The van der Waals surface area contributed by atoms with Crippen molar-refractivity contribution >= 4 is 17.8 Å². The maximum Gasteiger partial charge on any atom is 0.222 e. The zero-order valence-electron chi connectivity index (χ0n) is 17.7. The number of aliphatic imine (C=N–C) groups is 1. The van der Waals surface area contributed by atoms with Crippen LogP contribution in [-0.4, -0.2) is 66.8 Å². The molecule has 7 nitrogen and oxygen atoms in total. The smallest absolute Gasteiger partial charge is 0.222 e. The van der Waals surface area contributed by atoms with Gasteiger partial charge >= 0.3 is 0 Å². The predicted molar refractivity (Wildman–Crippen MR) is 110 cm³/mol. The van der Waals surface area contributed by atoms with E-state index >= 15 is 0 Å². The fourth-order valence-electron chi connectivity index (χ4n) is 2.97. The minimum atomic E-state index is 0.205. The van der Waals surface area contributed by atoms with Gasteiger partial charge in [0.25, 0.3) is 0 Å². The second-order valence-electron chi connectivity index (χ2n) is 8.22. The quantitative estimate of drug-likeness (QED) is 0.343. The van der Waals surface area contributed by atoms with Crippen molar-refractivity contribution in [1.82, 2.24) is 15.1 Å². The molecule has 1 saturated heterocycles. The van der Waals surface area contributed by atoms with Gasteiger partial charge in [-0.15, -0.1) is 0 Å². The van der Waals surface area contributed by atoms with E-state index in [0.717, 1.165) is 32.4 Å². The number of rotatable bonds is 10. The van der Waals surface area contributed by atoms with E-state index in [1.54, 1.807) is 0 Å². The highest BCUT2D eigenvalue weighted by Crippen LogP contribution is 2.10. The molecule has 0 aromatic rings. The van der Waals surface area contributed by atoms with E-state index in [4.69, 9.17) is 5.73 Å². The molecule has 0 spiro atoms. The number of carbonyl (C=O) groups excluding carboxylic acids is 2. The summed E-state index contributed by atoms with van der Waals surface area (Å²) in [6.45, 7) is 12.5. The van der Waals surface area contributed by atoms with Gasteiger partial charge in [-0.2, -0.15) is 0 Å². The molecule has 0 radical (unpaired) electrons. The summed E-state index contributed by atoms with van der Waals surface area (Å²) in [5, 5.41) is 3.11. The molecule has 0 aliphatic carbocycles. The van der Waals surface area contributed by atoms with Crippen LogP contribution in [0.4, 0.5) is 0 Å². The minimum absolute atomic E-state index is 0.205. The third kappa shape index (κ3) is 10.2. The lowest BCUT2D eigenvalue weighted by molar-refractivity contribution is -0.140. The van der Waals surface area contributed by atoms with Crippen molar-refractivity contribution in [3.05, 3.63) is 0 Å². The van der Waals surface area contributed by atoms with Crippen molar-refractivity contribution in [3.63, 3.8) is 0 Å². The van der Waals surface area contributed by atoms with Crippen molar-refractivity contribution in [2.75, 3.05) is 39.3 Å². The number of amides is 2. The number of hydrogen-bond acceptors (Lipinski definition) is 3. The highest BCUT2D eigenvalue weighted by Gasteiger charge is 2.23. The fraction of sp³-hybridized carbons (Fsp3) is 0.850. The molecule has 1 aliphatic heterocycles. The third-order valence-electron chi connectivity index (χ3n) is 4.57. The fourth-order valence-corrected chi connectivity index (χ4v) is 2.97. The largest absolute Gasteiger partial charge is 0.370 e. The summed E-state index contributed by atoms with van der Waals surface area (Å²) in [7, 11) is 0. The van der Waals surface area contributed by atoms with Crippen LogP contribution in [0.25, 0.3) is 0 Å². The number of nitrogens with zero attached hydrogens (tertiary/aromatic N) is 3. The monoisotopic (exact) mass is 381 g/mol. The van der Waals surface area contributed by atoms with Gasteiger partial charge in [0.1, 0.15) is 0 Å². The van der Waals surface area contributed by atoms with Crippen molar-refractivity contribution in [2.45, 2.75) is 59.8 Å². The minimum Gasteiger partial charge on any atom is -0.370 e. The maximum absolute atomic E-state index is 12.3. The zero-order chi connectivity index (χ0) is 20.2. The second-order valence-corrected chi connectivity index (χ2v) is 8.22. The predicted octanol–water partition coefficient (Wildman–Crippen LogP) is 1.82. The average molecular weight is 382 g/mol. The van der Waals surface area contributed by atoms with E-state index < -0.39 is 0 Å². The van der Waals surface area contributed by atoms with E-state index in [0.29, 0.717) is 56.8 Å². The Kier molecular flexibility index (Phi) is 10.8. The van der Waals surface area contributed by atoms with Crippen molar-refractivity contribution in [3.8, 4) is 0 Å². The SMILES string of the molecule is CC(C)CN=C(N)NCCCCCC(=O)N1CCN(C(=O)CC(C)C)CC1. The Balaban J connectivity index is 2.11. The van der Waals surface area contributed by atoms with Gasteiger partial charge in [-0.3, -0.25) is 14.6 Å². The normalized spacial score (nSPS) is 15.6. The van der Waals surface area contributed by atoms with Gasteiger partial charge in [0.15, 0.2) is 5.96 Å². The van der Waals surface area contributed by atoms with Crippen molar-refractivity contribution < 1.29 is 9.59 Å². The van der Waals surface area contributed by atoms with E-state index in [1.165, 1.54) is 0 Å². The van der Waals surface area contributed by atoms with Crippen LogP contribution in [0.15, 0.2) is 4.99 Å². The molecule has 0 unspecified atom stereocenters. The molecule has 1 rings (SSSR count). The number of piperazine rings is 1. The van der Waals surface area contributed by atoms with Crippen LogP contribution in [0.3, 0.4) is 0 Å². The van der Waals surface area contributed by atoms with Crippen LogP contribution >= 0.6 is 0 Å². The number of unbranched alkanes of at least 4 members (excludes halogenated alkanes) is 2. The van der Waals surface area contributed by atoms with Gasteiger partial charge in [-0.05, 0) is 24.7 Å². The summed E-state index contributed by atoms with van der Waals surface area (Å²) < 4.78 is 0. The molecule has 0 bridgehead atoms. The molecule has 1 fully saturated rings. The summed E-state index contributed by atoms with van der Waals surface area (Å²) in [6, 6.07) is 0. The molecular formula is C20H39N5O2. The van der Waals surface area contributed by atoms with Gasteiger partial charge in [0, 0.05) is 52.1 Å². The van der Waals surface area contributed by atoms with Crippen LogP contribution in [0, 0.1) is 11.8 Å².